The molecule has 0 aromatic heterocycles. The Morgan fingerprint density at radius 2 is 2.00 bits per heavy atom. The van der Waals surface area contributed by atoms with Crippen molar-refractivity contribution < 1.29 is 9.90 Å². The average Bonchev–Trinajstić information content (AvgIpc) is 2.39. The minimum absolute atomic E-state index is 0.484. The van der Waals surface area contributed by atoms with Gasteiger partial charge < -0.3 is 15.3 Å². The lowest BCUT2D eigenvalue weighted by Gasteiger charge is -2.21. The van der Waals surface area contributed by atoms with Crippen molar-refractivity contribution in [2.75, 3.05) is 25.5 Å². The van der Waals surface area contributed by atoms with Gasteiger partial charge in [-0.05, 0) is 37.6 Å². The molecule has 0 heterocycles. The number of benzene rings is 1. The van der Waals surface area contributed by atoms with Crippen LogP contribution in [-0.4, -0.2) is 37.8 Å². The van der Waals surface area contributed by atoms with Crippen molar-refractivity contribution in [3.63, 3.8) is 0 Å². The van der Waals surface area contributed by atoms with E-state index in [0.717, 1.165) is 12.1 Å². The molecule has 1 rings (SSSR count). The summed E-state index contributed by atoms with van der Waals surface area (Å²) in [6.07, 6.45) is 1.61. The van der Waals surface area contributed by atoms with Gasteiger partial charge >= 0.3 is 5.97 Å². The van der Waals surface area contributed by atoms with E-state index in [4.69, 9.17) is 5.11 Å². The molecule has 0 radical (unpaired) electrons. The van der Waals surface area contributed by atoms with E-state index in [9.17, 15) is 4.79 Å². The summed E-state index contributed by atoms with van der Waals surface area (Å²) in [5.41, 5.74) is 2.43. The van der Waals surface area contributed by atoms with Crippen LogP contribution in [0.2, 0.25) is 0 Å². The summed E-state index contributed by atoms with van der Waals surface area (Å²) >= 11 is 0. The molecule has 1 aromatic rings. The molecule has 1 atom stereocenters. The van der Waals surface area contributed by atoms with Crippen LogP contribution in [0.5, 0.6) is 0 Å². The first-order valence-corrected chi connectivity index (χ1v) is 6.28. The summed E-state index contributed by atoms with van der Waals surface area (Å²) in [4.78, 5) is 13.0. The molecule has 0 aliphatic carbocycles. The van der Waals surface area contributed by atoms with Crippen molar-refractivity contribution in [1.82, 2.24) is 5.32 Å². The molecule has 0 aliphatic heterocycles. The predicted molar refractivity (Wildman–Crippen MR) is 74.2 cm³/mol. The first-order valence-electron chi connectivity index (χ1n) is 6.28. The van der Waals surface area contributed by atoms with Crippen LogP contribution in [-0.2, 0) is 11.2 Å². The van der Waals surface area contributed by atoms with E-state index in [0.29, 0.717) is 13.0 Å². The third kappa shape index (κ3) is 4.04. The van der Waals surface area contributed by atoms with Crippen LogP contribution in [0.4, 0.5) is 5.69 Å². The third-order valence-electron chi connectivity index (χ3n) is 3.19. The van der Waals surface area contributed by atoms with Gasteiger partial charge in [-0.25, -0.2) is 0 Å². The Morgan fingerprint density at radius 1 is 1.39 bits per heavy atom. The van der Waals surface area contributed by atoms with Crippen LogP contribution < -0.4 is 10.2 Å². The Kier molecular flexibility index (Phi) is 5.65. The van der Waals surface area contributed by atoms with Crippen LogP contribution in [0.1, 0.15) is 18.9 Å². The molecule has 100 valence electrons. The van der Waals surface area contributed by atoms with Crippen molar-refractivity contribution in [2.45, 2.75) is 25.8 Å². The Balaban J connectivity index is 2.53. The second-order valence-electron chi connectivity index (χ2n) is 4.41. The number of carboxylic acid groups (broad SMARTS) is 1. The minimum atomic E-state index is -0.799. The Morgan fingerprint density at radius 3 is 2.44 bits per heavy atom. The summed E-state index contributed by atoms with van der Waals surface area (Å²) in [6, 6.07) is 7.89. The highest BCUT2D eigenvalue weighted by Gasteiger charge is 2.15. The van der Waals surface area contributed by atoms with Gasteiger partial charge in [0.05, 0.1) is 0 Å². The maximum Gasteiger partial charge on any atom is 0.320 e. The number of anilines is 1. The number of rotatable bonds is 7. The van der Waals surface area contributed by atoms with Crippen LogP contribution in [0, 0.1) is 0 Å². The lowest BCUT2D eigenvalue weighted by molar-refractivity contribution is -0.139. The zero-order chi connectivity index (χ0) is 13.5. The van der Waals surface area contributed by atoms with Crippen LogP contribution >= 0.6 is 0 Å². The van der Waals surface area contributed by atoms with E-state index in [1.165, 1.54) is 5.56 Å². The van der Waals surface area contributed by atoms with E-state index >= 15 is 0 Å². The Labute approximate surface area is 109 Å². The lowest BCUT2D eigenvalue weighted by Crippen LogP contribution is -2.37. The number of aliphatic carboxylic acids is 1. The molecule has 4 nitrogen and oxygen atoms in total. The number of nitrogens with zero attached hydrogens (tertiary/aromatic N) is 1. The number of carboxylic acids is 1. The zero-order valence-corrected chi connectivity index (χ0v) is 11.3. The van der Waals surface area contributed by atoms with E-state index in [1.807, 2.05) is 7.05 Å². The topological polar surface area (TPSA) is 52.6 Å². The first-order chi connectivity index (χ1) is 8.58. The zero-order valence-electron chi connectivity index (χ0n) is 11.3. The average molecular weight is 250 g/mol. The molecule has 1 unspecified atom stereocenters. The number of nitrogens with one attached hydrogen (secondary N) is 1. The van der Waals surface area contributed by atoms with Gasteiger partial charge in [0.25, 0.3) is 0 Å². The molecule has 0 saturated carbocycles. The number of hydrogen-bond donors (Lipinski definition) is 2. The standard InChI is InChI=1S/C14H22N2O2/c1-4-11-5-7-12(8-6-11)16(3)10-9-13(15-2)14(17)18/h5-8,13,15H,4,9-10H2,1-3H3,(H,17,18). The van der Waals surface area contributed by atoms with Crippen molar-refractivity contribution in [2.24, 2.45) is 0 Å². The molecule has 4 heteroatoms. The van der Waals surface area contributed by atoms with Gasteiger partial charge in [0, 0.05) is 19.3 Å². The first kappa shape index (κ1) is 14.5. The van der Waals surface area contributed by atoms with Crippen molar-refractivity contribution >= 4 is 11.7 Å². The molecule has 0 saturated heterocycles. The number of aryl methyl sites for hydroxylation is 1. The smallest absolute Gasteiger partial charge is 0.320 e. The fourth-order valence-corrected chi connectivity index (χ4v) is 1.83. The fraction of sp³-hybridized carbons (Fsp3) is 0.500. The summed E-state index contributed by atoms with van der Waals surface area (Å²) in [5.74, 6) is -0.799. The third-order valence-corrected chi connectivity index (χ3v) is 3.19. The molecular weight excluding hydrogens is 228 g/mol. The highest BCUT2D eigenvalue weighted by molar-refractivity contribution is 5.73. The largest absolute Gasteiger partial charge is 0.480 e. The van der Waals surface area contributed by atoms with Crippen LogP contribution in [0.3, 0.4) is 0 Å². The van der Waals surface area contributed by atoms with Crippen molar-refractivity contribution in [1.29, 1.82) is 0 Å². The van der Waals surface area contributed by atoms with Gasteiger partial charge in [0.15, 0.2) is 0 Å². The van der Waals surface area contributed by atoms with E-state index in [1.54, 1.807) is 7.05 Å². The molecule has 0 amide bonds. The number of carbonyl (C=O) groups is 1. The van der Waals surface area contributed by atoms with Gasteiger partial charge in [-0.2, -0.15) is 0 Å². The molecule has 0 fully saturated rings. The summed E-state index contributed by atoms with van der Waals surface area (Å²) in [5, 5.41) is 11.7. The summed E-state index contributed by atoms with van der Waals surface area (Å²) in [7, 11) is 3.66. The quantitative estimate of drug-likeness (QED) is 0.774. The maximum absolute atomic E-state index is 10.9. The SMILES string of the molecule is CCc1ccc(N(C)CCC(NC)C(=O)O)cc1. The normalized spacial score (nSPS) is 12.2. The maximum atomic E-state index is 10.9. The molecule has 2 N–H and O–H groups in total. The molecule has 0 spiro atoms. The Hall–Kier alpha value is -1.55. The second-order valence-corrected chi connectivity index (χ2v) is 4.41. The van der Waals surface area contributed by atoms with E-state index in [-0.39, 0.29) is 0 Å². The molecule has 1 aromatic carbocycles. The van der Waals surface area contributed by atoms with Gasteiger partial charge in [0.1, 0.15) is 6.04 Å². The minimum Gasteiger partial charge on any atom is -0.480 e. The second kappa shape index (κ2) is 7.01. The summed E-state index contributed by atoms with van der Waals surface area (Å²) in [6.45, 7) is 2.84. The molecule has 0 aliphatic rings. The highest BCUT2D eigenvalue weighted by atomic mass is 16.4. The van der Waals surface area contributed by atoms with Gasteiger partial charge in [-0.3, -0.25) is 4.79 Å². The van der Waals surface area contributed by atoms with Gasteiger partial charge in [-0.15, -0.1) is 0 Å². The molecule has 0 bridgehead atoms. The van der Waals surface area contributed by atoms with Gasteiger partial charge in [-0.1, -0.05) is 19.1 Å². The van der Waals surface area contributed by atoms with E-state index in [2.05, 4.69) is 41.4 Å². The summed E-state index contributed by atoms with van der Waals surface area (Å²) < 4.78 is 0. The number of likely N-dealkylation sites (N-methyl/N-ethyl adjacent to an activating group) is 1. The molecule has 18 heavy (non-hydrogen) atoms. The predicted octanol–water partition coefficient (Wildman–Crippen LogP) is 1.75. The van der Waals surface area contributed by atoms with Crippen LogP contribution in [0.15, 0.2) is 24.3 Å². The van der Waals surface area contributed by atoms with E-state index < -0.39 is 12.0 Å². The molecular formula is C14H22N2O2. The van der Waals surface area contributed by atoms with Crippen molar-refractivity contribution in [3.05, 3.63) is 29.8 Å². The monoisotopic (exact) mass is 250 g/mol. The lowest BCUT2D eigenvalue weighted by atomic mass is 10.1. The van der Waals surface area contributed by atoms with Gasteiger partial charge in [0.2, 0.25) is 0 Å². The fourth-order valence-electron chi connectivity index (χ4n) is 1.83. The highest BCUT2D eigenvalue weighted by Crippen LogP contribution is 2.14. The van der Waals surface area contributed by atoms with Crippen molar-refractivity contribution in [3.8, 4) is 0 Å². The van der Waals surface area contributed by atoms with Crippen LogP contribution in [0.25, 0.3) is 0 Å². The Bertz CT molecular complexity index is 376. The number of hydrogen-bond acceptors (Lipinski definition) is 3.